The number of fused-ring (bicyclic) bond motifs is 1. The van der Waals surface area contributed by atoms with Gasteiger partial charge in [0.25, 0.3) is 5.91 Å². The average molecular weight is 391 g/mol. The standard InChI is InChI=1S/C23H21NO3S/c1-15(27-23(26)21-14-17-10-7-13-20(17)28-21)22(25)24-19-12-6-5-11-18(19)16-8-3-2-4-9-16/h2-6,8-9,11-12,14-15H,7,10,13H2,1H3,(H,24,25). The first kappa shape index (κ1) is 18.4. The third-order valence-electron chi connectivity index (χ3n) is 4.87. The van der Waals surface area contributed by atoms with Gasteiger partial charge in [-0.2, -0.15) is 0 Å². The van der Waals surface area contributed by atoms with Crippen LogP contribution < -0.4 is 5.32 Å². The van der Waals surface area contributed by atoms with Crippen molar-refractivity contribution in [1.29, 1.82) is 0 Å². The molecule has 1 aliphatic carbocycles. The van der Waals surface area contributed by atoms with Crippen molar-refractivity contribution in [3.8, 4) is 11.1 Å². The smallest absolute Gasteiger partial charge is 0.349 e. The Balaban J connectivity index is 1.44. The maximum absolute atomic E-state index is 12.6. The molecule has 1 heterocycles. The predicted molar refractivity (Wildman–Crippen MR) is 112 cm³/mol. The number of amides is 1. The van der Waals surface area contributed by atoms with E-state index in [2.05, 4.69) is 5.32 Å². The highest BCUT2D eigenvalue weighted by Crippen LogP contribution is 2.31. The van der Waals surface area contributed by atoms with Crippen LogP contribution in [-0.4, -0.2) is 18.0 Å². The molecule has 1 N–H and O–H groups in total. The highest BCUT2D eigenvalue weighted by molar-refractivity contribution is 7.14. The molecule has 0 saturated heterocycles. The quantitative estimate of drug-likeness (QED) is 0.617. The molecule has 28 heavy (non-hydrogen) atoms. The van der Waals surface area contributed by atoms with Crippen molar-refractivity contribution >= 4 is 28.9 Å². The molecule has 3 aromatic rings. The van der Waals surface area contributed by atoms with Gasteiger partial charge in [0.15, 0.2) is 6.10 Å². The summed E-state index contributed by atoms with van der Waals surface area (Å²) in [4.78, 5) is 26.9. The molecule has 0 fully saturated rings. The molecule has 4 rings (SSSR count). The summed E-state index contributed by atoms with van der Waals surface area (Å²) < 4.78 is 5.41. The van der Waals surface area contributed by atoms with E-state index in [1.165, 1.54) is 21.8 Å². The molecule has 5 heteroatoms. The van der Waals surface area contributed by atoms with Gasteiger partial charge < -0.3 is 10.1 Å². The van der Waals surface area contributed by atoms with E-state index in [1.807, 2.05) is 60.7 Å². The van der Waals surface area contributed by atoms with E-state index in [1.54, 1.807) is 6.92 Å². The fraction of sp³-hybridized carbons (Fsp3) is 0.217. The molecule has 1 unspecified atom stereocenters. The zero-order valence-corrected chi connectivity index (χ0v) is 16.4. The van der Waals surface area contributed by atoms with Crippen LogP contribution in [0.1, 0.15) is 33.5 Å². The second kappa shape index (κ2) is 7.98. The molecule has 142 valence electrons. The van der Waals surface area contributed by atoms with Crippen molar-refractivity contribution in [3.05, 3.63) is 76.0 Å². The molecule has 0 radical (unpaired) electrons. The number of rotatable bonds is 5. The van der Waals surface area contributed by atoms with Crippen LogP contribution in [0, 0.1) is 0 Å². The number of benzene rings is 2. The van der Waals surface area contributed by atoms with Crippen LogP contribution in [0.4, 0.5) is 5.69 Å². The predicted octanol–water partition coefficient (Wildman–Crippen LogP) is 5.09. The van der Waals surface area contributed by atoms with Crippen LogP contribution in [0.15, 0.2) is 60.7 Å². The highest BCUT2D eigenvalue weighted by atomic mass is 32.1. The summed E-state index contributed by atoms with van der Waals surface area (Å²) in [5.41, 5.74) is 3.86. The summed E-state index contributed by atoms with van der Waals surface area (Å²) in [7, 11) is 0. The number of hydrogen-bond donors (Lipinski definition) is 1. The van der Waals surface area contributed by atoms with Gasteiger partial charge in [-0.05, 0) is 49.4 Å². The Hall–Kier alpha value is -2.92. The summed E-state index contributed by atoms with van der Waals surface area (Å²) in [6, 6.07) is 19.3. The molecular weight excluding hydrogens is 370 g/mol. The number of carbonyl (C=O) groups is 2. The molecule has 0 spiro atoms. The van der Waals surface area contributed by atoms with Crippen molar-refractivity contribution in [2.75, 3.05) is 5.32 Å². The molecule has 0 saturated carbocycles. The van der Waals surface area contributed by atoms with Gasteiger partial charge >= 0.3 is 5.97 Å². The molecule has 1 aliphatic rings. The van der Waals surface area contributed by atoms with Crippen molar-refractivity contribution < 1.29 is 14.3 Å². The Kier molecular flexibility index (Phi) is 5.26. The molecule has 1 atom stereocenters. The topological polar surface area (TPSA) is 55.4 Å². The molecule has 4 nitrogen and oxygen atoms in total. The van der Waals surface area contributed by atoms with E-state index < -0.39 is 12.1 Å². The van der Waals surface area contributed by atoms with Gasteiger partial charge in [0.1, 0.15) is 4.88 Å². The number of aryl methyl sites for hydroxylation is 2. The zero-order chi connectivity index (χ0) is 19.5. The van der Waals surface area contributed by atoms with E-state index in [4.69, 9.17) is 4.74 Å². The van der Waals surface area contributed by atoms with Crippen LogP contribution in [0.3, 0.4) is 0 Å². The fourth-order valence-corrected chi connectivity index (χ4v) is 4.53. The molecule has 1 amide bonds. The van der Waals surface area contributed by atoms with Crippen LogP contribution in [-0.2, 0) is 22.4 Å². The number of anilines is 1. The Morgan fingerprint density at radius 3 is 2.57 bits per heavy atom. The van der Waals surface area contributed by atoms with E-state index in [-0.39, 0.29) is 5.91 Å². The SMILES string of the molecule is CC(OC(=O)c1cc2c(s1)CCC2)C(=O)Nc1ccccc1-c1ccccc1. The zero-order valence-electron chi connectivity index (χ0n) is 15.6. The highest BCUT2D eigenvalue weighted by Gasteiger charge is 2.23. The Bertz CT molecular complexity index is 988. The van der Waals surface area contributed by atoms with Crippen molar-refractivity contribution in [2.45, 2.75) is 32.3 Å². The van der Waals surface area contributed by atoms with Gasteiger partial charge in [-0.3, -0.25) is 4.79 Å². The molecule has 1 aromatic heterocycles. The number of nitrogens with one attached hydrogen (secondary N) is 1. The van der Waals surface area contributed by atoms with Gasteiger partial charge in [0, 0.05) is 16.1 Å². The first-order valence-corrected chi connectivity index (χ1v) is 10.2. The van der Waals surface area contributed by atoms with Gasteiger partial charge in [-0.15, -0.1) is 11.3 Å². The summed E-state index contributed by atoms with van der Waals surface area (Å²) >= 11 is 1.48. The van der Waals surface area contributed by atoms with Crippen LogP contribution in [0.25, 0.3) is 11.1 Å². The van der Waals surface area contributed by atoms with Crippen LogP contribution in [0.5, 0.6) is 0 Å². The van der Waals surface area contributed by atoms with Gasteiger partial charge in [0.2, 0.25) is 0 Å². The van der Waals surface area contributed by atoms with E-state index in [9.17, 15) is 9.59 Å². The van der Waals surface area contributed by atoms with E-state index >= 15 is 0 Å². The van der Waals surface area contributed by atoms with Crippen molar-refractivity contribution in [1.82, 2.24) is 0 Å². The normalized spacial score (nSPS) is 13.6. The van der Waals surface area contributed by atoms with Crippen molar-refractivity contribution in [2.24, 2.45) is 0 Å². The monoisotopic (exact) mass is 391 g/mol. The minimum atomic E-state index is -0.881. The van der Waals surface area contributed by atoms with Crippen molar-refractivity contribution in [3.63, 3.8) is 0 Å². The van der Waals surface area contributed by atoms with E-state index in [0.29, 0.717) is 10.6 Å². The molecular formula is C23H21NO3S. The van der Waals surface area contributed by atoms with Gasteiger partial charge in [-0.1, -0.05) is 48.5 Å². The Morgan fingerprint density at radius 2 is 1.79 bits per heavy atom. The minimum absolute atomic E-state index is 0.346. The summed E-state index contributed by atoms with van der Waals surface area (Å²) in [6.45, 7) is 1.60. The lowest BCUT2D eigenvalue weighted by molar-refractivity contribution is -0.123. The summed E-state index contributed by atoms with van der Waals surface area (Å²) in [6.07, 6.45) is 2.31. The Morgan fingerprint density at radius 1 is 1.04 bits per heavy atom. The minimum Gasteiger partial charge on any atom is -0.448 e. The maximum Gasteiger partial charge on any atom is 0.349 e. The number of para-hydroxylation sites is 1. The number of hydrogen-bond acceptors (Lipinski definition) is 4. The number of thiophene rings is 1. The number of esters is 1. The van der Waals surface area contributed by atoms with Gasteiger partial charge in [-0.25, -0.2) is 4.79 Å². The lowest BCUT2D eigenvalue weighted by Crippen LogP contribution is -2.30. The van der Waals surface area contributed by atoms with Crippen LogP contribution >= 0.6 is 11.3 Å². The second-order valence-electron chi connectivity index (χ2n) is 6.86. The lowest BCUT2D eigenvalue weighted by Gasteiger charge is -2.15. The Labute approximate surface area is 168 Å². The fourth-order valence-electron chi connectivity index (χ4n) is 3.40. The number of ether oxygens (including phenoxy) is 1. The van der Waals surface area contributed by atoms with E-state index in [0.717, 1.165) is 30.4 Å². The largest absolute Gasteiger partial charge is 0.448 e. The third kappa shape index (κ3) is 3.85. The molecule has 0 aliphatic heterocycles. The first-order valence-electron chi connectivity index (χ1n) is 9.39. The summed E-state index contributed by atoms with van der Waals surface area (Å²) in [5, 5.41) is 2.89. The number of carbonyl (C=O) groups excluding carboxylic acids is 2. The second-order valence-corrected chi connectivity index (χ2v) is 8.00. The first-order chi connectivity index (χ1) is 13.6. The maximum atomic E-state index is 12.6. The van der Waals surface area contributed by atoms with Crippen LogP contribution in [0.2, 0.25) is 0 Å². The molecule has 0 bridgehead atoms. The molecule has 2 aromatic carbocycles. The van der Waals surface area contributed by atoms with Gasteiger partial charge in [0.05, 0.1) is 0 Å². The third-order valence-corrected chi connectivity index (χ3v) is 6.09. The average Bonchev–Trinajstić information content (AvgIpc) is 3.31. The lowest BCUT2D eigenvalue weighted by atomic mass is 10.0. The summed E-state index contributed by atoms with van der Waals surface area (Å²) in [5.74, 6) is -0.778.